The zero-order chi connectivity index (χ0) is 20.6. The Hall–Kier alpha value is -1.63. The van der Waals surface area contributed by atoms with Crippen molar-refractivity contribution in [2.24, 2.45) is 29.4 Å². The molecule has 4 atom stereocenters. The van der Waals surface area contributed by atoms with Gasteiger partial charge in [-0.1, -0.05) is 40.5 Å². The van der Waals surface area contributed by atoms with Gasteiger partial charge in [0.05, 0.1) is 6.04 Å². The number of hydrogen-bond donors (Lipinski definition) is 4. The number of hydrogen-bond acceptors (Lipinski definition) is 4. The lowest BCUT2D eigenvalue weighted by Crippen LogP contribution is -2.48. The van der Waals surface area contributed by atoms with Gasteiger partial charge in [-0.2, -0.15) is 0 Å². The molecule has 2 unspecified atom stereocenters. The van der Waals surface area contributed by atoms with Gasteiger partial charge in [0.1, 0.15) is 6.04 Å². The molecule has 156 valence electrons. The van der Waals surface area contributed by atoms with Gasteiger partial charge in [-0.3, -0.25) is 9.59 Å². The van der Waals surface area contributed by atoms with E-state index in [-0.39, 0.29) is 29.6 Å². The standard InChI is InChI=1S/C20H37N3O4/c1-5-12(3)16(21)19(25)22-11-14-7-9-15(10-8-14)18(24)23-17(20(26)27)13(4)6-2/h12-17H,5-11,21H2,1-4H3,(H,22,25)(H,23,24)(H,26,27)/t12?,13?,14?,15?,16-,17-/m0/s1. The molecule has 0 heterocycles. The maximum Gasteiger partial charge on any atom is 0.326 e. The minimum absolute atomic E-state index is 0.104. The van der Waals surface area contributed by atoms with Crippen LogP contribution in [0.1, 0.15) is 66.2 Å². The summed E-state index contributed by atoms with van der Waals surface area (Å²) in [6.45, 7) is 8.32. The third-order valence-electron chi connectivity index (χ3n) is 6.12. The van der Waals surface area contributed by atoms with E-state index >= 15 is 0 Å². The molecule has 1 fully saturated rings. The molecule has 1 aliphatic rings. The van der Waals surface area contributed by atoms with Crippen LogP contribution in [0.15, 0.2) is 0 Å². The van der Waals surface area contributed by atoms with Crippen LogP contribution in [0.3, 0.4) is 0 Å². The minimum atomic E-state index is -0.980. The van der Waals surface area contributed by atoms with E-state index in [2.05, 4.69) is 10.6 Å². The third kappa shape index (κ3) is 7.13. The summed E-state index contributed by atoms with van der Waals surface area (Å²) in [6.07, 6.45) is 4.69. The summed E-state index contributed by atoms with van der Waals surface area (Å²) in [5.41, 5.74) is 5.94. The van der Waals surface area contributed by atoms with E-state index in [1.165, 1.54) is 0 Å². The van der Waals surface area contributed by atoms with Crippen LogP contribution in [0.2, 0.25) is 0 Å². The molecule has 0 aliphatic heterocycles. The van der Waals surface area contributed by atoms with E-state index in [9.17, 15) is 19.5 Å². The Kier molecular flexibility index (Phi) is 9.77. The molecule has 5 N–H and O–H groups in total. The fourth-order valence-corrected chi connectivity index (χ4v) is 3.46. The summed E-state index contributed by atoms with van der Waals surface area (Å²) in [5.74, 6) is -1.01. The van der Waals surface area contributed by atoms with Crippen LogP contribution in [-0.2, 0) is 14.4 Å². The maximum atomic E-state index is 12.4. The van der Waals surface area contributed by atoms with E-state index in [0.717, 1.165) is 32.1 Å². The number of amides is 2. The zero-order valence-electron chi connectivity index (χ0n) is 17.2. The fourth-order valence-electron chi connectivity index (χ4n) is 3.46. The largest absolute Gasteiger partial charge is 0.480 e. The first-order chi connectivity index (χ1) is 12.7. The highest BCUT2D eigenvalue weighted by Crippen LogP contribution is 2.29. The molecule has 0 aromatic carbocycles. The van der Waals surface area contributed by atoms with Gasteiger partial charge < -0.3 is 21.5 Å². The van der Waals surface area contributed by atoms with Crippen LogP contribution in [0.5, 0.6) is 0 Å². The number of carbonyl (C=O) groups is 3. The lowest BCUT2D eigenvalue weighted by atomic mass is 9.81. The number of rotatable bonds is 10. The second kappa shape index (κ2) is 11.3. The molecule has 0 radical (unpaired) electrons. The summed E-state index contributed by atoms with van der Waals surface area (Å²) in [6, 6.07) is -1.31. The highest BCUT2D eigenvalue weighted by molar-refractivity contribution is 5.85. The quantitative estimate of drug-likeness (QED) is 0.459. The second-order valence-electron chi connectivity index (χ2n) is 8.08. The van der Waals surface area contributed by atoms with Crippen LogP contribution in [0, 0.1) is 23.7 Å². The molecule has 0 spiro atoms. The van der Waals surface area contributed by atoms with Crippen molar-refractivity contribution in [1.82, 2.24) is 10.6 Å². The monoisotopic (exact) mass is 383 g/mol. The molecule has 7 nitrogen and oxygen atoms in total. The second-order valence-corrected chi connectivity index (χ2v) is 8.08. The normalized spacial score (nSPS) is 24.3. The molecule has 1 rings (SSSR count). The first kappa shape index (κ1) is 23.4. The topological polar surface area (TPSA) is 122 Å². The van der Waals surface area contributed by atoms with Crippen LogP contribution in [0.4, 0.5) is 0 Å². The van der Waals surface area contributed by atoms with E-state index in [4.69, 9.17) is 5.73 Å². The van der Waals surface area contributed by atoms with Crippen molar-refractivity contribution in [3.63, 3.8) is 0 Å². The van der Waals surface area contributed by atoms with Gasteiger partial charge in [-0.15, -0.1) is 0 Å². The molecule has 7 heteroatoms. The van der Waals surface area contributed by atoms with Gasteiger partial charge in [0, 0.05) is 12.5 Å². The highest BCUT2D eigenvalue weighted by Gasteiger charge is 2.31. The molecule has 2 amide bonds. The van der Waals surface area contributed by atoms with Crippen molar-refractivity contribution in [2.75, 3.05) is 6.54 Å². The Morgan fingerprint density at radius 1 is 1.04 bits per heavy atom. The molecular weight excluding hydrogens is 346 g/mol. The molecule has 0 bridgehead atoms. The Labute approximate surface area is 162 Å². The minimum Gasteiger partial charge on any atom is -0.480 e. The number of carbonyl (C=O) groups excluding carboxylic acids is 2. The van der Waals surface area contributed by atoms with E-state index in [1.807, 2.05) is 27.7 Å². The molecule has 27 heavy (non-hydrogen) atoms. The van der Waals surface area contributed by atoms with E-state index < -0.39 is 18.1 Å². The van der Waals surface area contributed by atoms with Crippen LogP contribution >= 0.6 is 0 Å². The third-order valence-corrected chi connectivity index (χ3v) is 6.12. The van der Waals surface area contributed by atoms with Gasteiger partial charge in [0.2, 0.25) is 11.8 Å². The van der Waals surface area contributed by atoms with Crippen molar-refractivity contribution in [3.8, 4) is 0 Å². The average molecular weight is 384 g/mol. The lowest BCUT2D eigenvalue weighted by Gasteiger charge is -2.30. The van der Waals surface area contributed by atoms with Crippen LogP contribution < -0.4 is 16.4 Å². The number of carboxylic acid groups (broad SMARTS) is 1. The number of nitrogens with two attached hydrogens (primary N) is 1. The predicted molar refractivity (Wildman–Crippen MR) is 105 cm³/mol. The van der Waals surface area contributed by atoms with Crippen molar-refractivity contribution >= 4 is 17.8 Å². The fraction of sp³-hybridized carbons (Fsp3) is 0.850. The van der Waals surface area contributed by atoms with E-state index in [0.29, 0.717) is 18.9 Å². The highest BCUT2D eigenvalue weighted by atomic mass is 16.4. The summed E-state index contributed by atoms with van der Waals surface area (Å²) in [4.78, 5) is 35.9. The molecule has 1 aliphatic carbocycles. The lowest BCUT2D eigenvalue weighted by molar-refractivity contribution is -0.144. The molecule has 0 aromatic rings. The number of nitrogens with one attached hydrogen (secondary N) is 2. The van der Waals surface area contributed by atoms with Crippen molar-refractivity contribution in [2.45, 2.75) is 78.3 Å². The van der Waals surface area contributed by atoms with Crippen molar-refractivity contribution in [3.05, 3.63) is 0 Å². The summed E-state index contributed by atoms with van der Waals surface area (Å²) in [7, 11) is 0. The molecular formula is C20H37N3O4. The SMILES string of the molecule is CCC(C)[C@H](N)C(=O)NCC1CCC(C(=O)N[C@H](C(=O)O)C(C)CC)CC1. The van der Waals surface area contributed by atoms with Crippen molar-refractivity contribution < 1.29 is 19.5 Å². The first-order valence-electron chi connectivity index (χ1n) is 10.3. The van der Waals surface area contributed by atoms with E-state index in [1.54, 1.807) is 0 Å². The van der Waals surface area contributed by atoms with Gasteiger partial charge in [0.15, 0.2) is 0 Å². The zero-order valence-corrected chi connectivity index (χ0v) is 17.2. The number of carboxylic acids is 1. The summed E-state index contributed by atoms with van der Waals surface area (Å²) in [5, 5.41) is 15.0. The van der Waals surface area contributed by atoms with Crippen molar-refractivity contribution in [1.29, 1.82) is 0 Å². The van der Waals surface area contributed by atoms with Gasteiger partial charge in [-0.05, 0) is 43.4 Å². The van der Waals surface area contributed by atoms with Crippen LogP contribution in [-0.4, -0.2) is 41.5 Å². The van der Waals surface area contributed by atoms with Gasteiger partial charge in [-0.25, -0.2) is 4.79 Å². The molecule has 1 saturated carbocycles. The first-order valence-corrected chi connectivity index (χ1v) is 10.3. The predicted octanol–water partition coefficient (Wildman–Crippen LogP) is 1.90. The number of aliphatic carboxylic acids is 1. The summed E-state index contributed by atoms with van der Waals surface area (Å²) < 4.78 is 0. The van der Waals surface area contributed by atoms with Crippen LogP contribution in [0.25, 0.3) is 0 Å². The Balaban J connectivity index is 2.42. The Morgan fingerprint density at radius 3 is 2.07 bits per heavy atom. The Bertz CT molecular complexity index is 503. The smallest absolute Gasteiger partial charge is 0.326 e. The Morgan fingerprint density at radius 2 is 1.59 bits per heavy atom. The summed E-state index contributed by atoms with van der Waals surface area (Å²) >= 11 is 0. The molecule has 0 aromatic heterocycles. The average Bonchev–Trinajstić information content (AvgIpc) is 2.68. The van der Waals surface area contributed by atoms with Gasteiger partial charge in [0.25, 0.3) is 0 Å². The maximum absolute atomic E-state index is 12.4. The molecule has 0 saturated heterocycles. The van der Waals surface area contributed by atoms with Gasteiger partial charge >= 0.3 is 5.97 Å².